The number of ether oxygens (including phenoxy) is 1. The zero-order valence-corrected chi connectivity index (χ0v) is 15.8. The molecule has 0 atom stereocenters. The van der Waals surface area contributed by atoms with Crippen molar-refractivity contribution < 1.29 is 4.74 Å². The van der Waals surface area contributed by atoms with Gasteiger partial charge >= 0.3 is 5.69 Å². The summed E-state index contributed by atoms with van der Waals surface area (Å²) in [5.41, 5.74) is 4.31. The third-order valence-corrected chi connectivity index (χ3v) is 4.76. The topological polar surface area (TPSA) is 77.0 Å². The molecule has 4 aromatic rings. The first-order valence-corrected chi connectivity index (χ1v) is 8.84. The molecule has 6 nitrogen and oxygen atoms in total. The molecule has 0 amide bonds. The lowest BCUT2D eigenvalue weighted by Crippen LogP contribution is -2.27. The van der Waals surface area contributed by atoms with E-state index in [1.807, 2.05) is 38.1 Å². The molecule has 0 unspecified atom stereocenters. The number of hydrogen-bond donors (Lipinski definition) is 1. The van der Waals surface area contributed by atoms with Crippen LogP contribution in [0.15, 0.2) is 64.4 Å². The Morgan fingerprint density at radius 2 is 1.75 bits per heavy atom. The number of aromatic nitrogens is 3. The highest BCUT2D eigenvalue weighted by atomic mass is 16.5. The van der Waals surface area contributed by atoms with E-state index in [-0.39, 0.29) is 0 Å². The summed E-state index contributed by atoms with van der Waals surface area (Å²) in [6.07, 6.45) is 3.24. The number of benzene rings is 2. The van der Waals surface area contributed by atoms with E-state index in [2.05, 4.69) is 22.1 Å². The van der Waals surface area contributed by atoms with Crippen molar-refractivity contribution >= 4 is 10.9 Å². The normalized spacial score (nSPS) is 11.0. The number of H-pyrrole nitrogens is 1. The molecule has 140 valence electrons. The molecule has 2 aromatic carbocycles. The first-order chi connectivity index (χ1) is 13.5. The van der Waals surface area contributed by atoms with Crippen LogP contribution in [0.4, 0.5) is 0 Å². The third kappa shape index (κ3) is 2.99. The van der Waals surface area contributed by atoms with Gasteiger partial charge in [0.25, 0.3) is 5.56 Å². The van der Waals surface area contributed by atoms with E-state index in [1.54, 1.807) is 13.3 Å². The molecule has 0 aliphatic carbocycles. The summed E-state index contributed by atoms with van der Waals surface area (Å²) < 4.78 is 7.01. The van der Waals surface area contributed by atoms with Crippen molar-refractivity contribution in [1.29, 1.82) is 0 Å². The molecule has 0 aliphatic heterocycles. The van der Waals surface area contributed by atoms with Crippen LogP contribution in [-0.2, 0) is 0 Å². The van der Waals surface area contributed by atoms with Crippen molar-refractivity contribution in [3.8, 4) is 22.6 Å². The number of fused-ring (bicyclic) bond motifs is 1. The molecule has 2 heterocycles. The molecular weight excluding hydrogens is 354 g/mol. The molecule has 0 fully saturated rings. The van der Waals surface area contributed by atoms with Crippen molar-refractivity contribution in [3.05, 3.63) is 86.8 Å². The maximum atomic E-state index is 12.3. The maximum Gasteiger partial charge on any atom is 0.332 e. The Bertz CT molecular complexity index is 1300. The summed E-state index contributed by atoms with van der Waals surface area (Å²) >= 11 is 0. The SMILES string of the molecule is COc1c(C)cc(-n2ccc(=O)[nH]c2=O)c2ncc(-c3ccc(C)cc3)cc12. The molecule has 1 N–H and O–H groups in total. The minimum absolute atomic E-state index is 0.439. The Labute approximate surface area is 161 Å². The number of pyridine rings is 1. The molecule has 6 heteroatoms. The molecule has 0 radical (unpaired) electrons. The minimum Gasteiger partial charge on any atom is -0.496 e. The average Bonchev–Trinajstić information content (AvgIpc) is 2.68. The van der Waals surface area contributed by atoms with Crippen molar-refractivity contribution in [2.75, 3.05) is 7.11 Å². The second-order valence-electron chi connectivity index (χ2n) is 6.71. The van der Waals surface area contributed by atoms with Crippen LogP contribution in [0.5, 0.6) is 5.75 Å². The van der Waals surface area contributed by atoms with E-state index in [0.717, 1.165) is 22.1 Å². The highest BCUT2D eigenvalue weighted by Crippen LogP contribution is 2.35. The van der Waals surface area contributed by atoms with Crippen LogP contribution in [-0.4, -0.2) is 21.6 Å². The van der Waals surface area contributed by atoms with Crippen molar-refractivity contribution in [3.63, 3.8) is 0 Å². The smallest absolute Gasteiger partial charge is 0.332 e. The number of aromatic amines is 1. The molecule has 28 heavy (non-hydrogen) atoms. The minimum atomic E-state index is -0.511. The van der Waals surface area contributed by atoms with Gasteiger partial charge in [0.05, 0.1) is 18.3 Å². The average molecular weight is 373 g/mol. The Hall–Kier alpha value is -3.67. The highest BCUT2D eigenvalue weighted by molar-refractivity contribution is 5.95. The third-order valence-electron chi connectivity index (χ3n) is 4.76. The van der Waals surface area contributed by atoms with Gasteiger partial charge in [-0.1, -0.05) is 29.8 Å². The Balaban J connectivity index is 2.02. The fourth-order valence-electron chi connectivity index (χ4n) is 3.36. The van der Waals surface area contributed by atoms with E-state index < -0.39 is 11.2 Å². The molecular formula is C22H19N3O3. The quantitative estimate of drug-likeness (QED) is 0.597. The van der Waals surface area contributed by atoms with Gasteiger partial charge in [-0.3, -0.25) is 19.3 Å². The molecule has 0 bridgehead atoms. The molecule has 0 spiro atoms. The van der Waals surface area contributed by atoms with Gasteiger partial charge < -0.3 is 4.74 Å². The Morgan fingerprint density at radius 3 is 2.43 bits per heavy atom. The number of methoxy groups -OCH3 is 1. The van der Waals surface area contributed by atoms with Gasteiger partial charge in [0, 0.05) is 29.4 Å². The van der Waals surface area contributed by atoms with Crippen LogP contribution in [0.3, 0.4) is 0 Å². The van der Waals surface area contributed by atoms with Gasteiger partial charge in [-0.15, -0.1) is 0 Å². The van der Waals surface area contributed by atoms with Gasteiger partial charge in [-0.05, 0) is 37.1 Å². The predicted molar refractivity (Wildman–Crippen MR) is 109 cm³/mol. The lowest BCUT2D eigenvalue weighted by Gasteiger charge is -2.15. The van der Waals surface area contributed by atoms with E-state index >= 15 is 0 Å². The first-order valence-electron chi connectivity index (χ1n) is 8.84. The van der Waals surface area contributed by atoms with Crippen LogP contribution in [0.2, 0.25) is 0 Å². The number of hydrogen-bond acceptors (Lipinski definition) is 4. The monoisotopic (exact) mass is 373 g/mol. The van der Waals surface area contributed by atoms with Gasteiger partial charge in [0.2, 0.25) is 0 Å². The fraction of sp³-hybridized carbons (Fsp3) is 0.136. The summed E-state index contributed by atoms with van der Waals surface area (Å²) in [6, 6.07) is 13.4. The lowest BCUT2D eigenvalue weighted by molar-refractivity contribution is 0.416. The summed E-state index contributed by atoms with van der Waals surface area (Å²) in [5, 5.41) is 0.800. The van der Waals surface area contributed by atoms with Crippen LogP contribution in [0.1, 0.15) is 11.1 Å². The van der Waals surface area contributed by atoms with Crippen molar-refractivity contribution in [2.45, 2.75) is 13.8 Å². The van der Waals surface area contributed by atoms with Crippen molar-refractivity contribution in [1.82, 2.24) is 14.5 Å². The lowest BCUT2D eigenvalue weighted by atomic mass is 10.0. The largest absolute Gasteiger partial charge is 0.496 e. The zero-order valence-electron chi connectivity index (χ0n) is 15.8. The summed E-state index contributed by atoms with van der Waals surface area (Å²) in [4.78, 5) is 30.7. The van der Waals surface area contributed by atoms with Crippen LogP contribution in [0, 0.1) is 13.8 Å². The second kappa shape index (κ2) is 6.81. The number of rotatable bonds is 3. The number of nitrogens with zero attached hydrogens (tertiary/aromatic N) is 2. The Morgan fingerprint density at radius 1 is 1.00 bits per heavy atom. The van der Waals surface area contributed by atoms with Gasteiger partial charge in [-0.2, -0.15) is 0 Å². The van der Waals surface area contributed by atoms with Crippen molar-refractivity contribution in [2.24, 2.45) is 0 Å². The van der Waals surface area contributed by atoms with E-state index in [9.17, 15) is 9.59 Å². The van der Waals surface area contributed by atoms with E-state index in [0.29, 0.717) is 17.0 Å². The van der Waals surface area contributed by atoms with Crippen LogP contribution in [0.25, 0.3) is 27.7 Å². The van der Waals surface area contributed by atoms with Gasteiger partial charge in [0.1, 0.15) is 5.75 Å². The molecule has 0 saturated heterocycles. The maximum absolute atomic E-state index is 12.3. The summed E-state index contributed by atoms with van der Waals surface area (Å²) in [7, 11) is 1.62. The Kier molecular flexibility index (Phi) is 4.31. The van der Waals surface area contributed by atoms with Gasteiger partial charge in [0.15, 0.2) is 0 Å². The predicted octanol–water partition coefficient (Wildman–Crippen LogP) is 3.37. The summed E-state index contributed by atoms with van der Waals surface area (Å²) in [6.45, 7) is 3.96. The second-order valence-corrected chi connectivity index (χ2v) is 6.71. The highest BCUT2D eigenvalue weighted by Gasteiger charge is 2.15. The van der Waals surface area contributed by atoms with Crippen LogP contribution >= 0.6 is 0 Å². The number of nitrogens with one attached hydrogen (secondary N) is 1. The molecule has 0 aliphatic rings. The first kappa shape index (κ1) is 17.7. The zero-order chi connectivity index (χ0) is 19.8. The van der Waals surface area contributed by atoms with E-state index in [4.69, 9.17) is 4.74 Å². The van der Waals surface area contributed by atoms with E-state index in [1.165, 1.54) is 22.4 Å². The van der Waals surface area contributed by atoms with Gasteiger partial charge in [-0.25, -0.2) is 4.79 Å². The van der Waals surface area contributed by atoms with Crippen LogP contribution < -0.4 is 16.0 Å². The fourth-order valence-corrected chi connectivity index (χ4v) is 3.36. The molecule has 2 aromatic heterocycles. The standard InChI is InChI=1S/C22H19N3O3/c1-13-4-6-15(7-5-13)16-11-17-20(23-12-16)18(10-14(2)21(17)28-3)25-9-8-19(26)24-22(25)27/h4-12H,1-3H3,(H,24,26,27). The molecule has 4 rings (SSSR count). The number of aryl methyl sites for hydroxylation is 2. The molecule has 0 saturated carbocycles. The summed E-state index contributed by atoms with van der Waals surface area (Å²) in [5.74, 6) is 0.706.